The van der Waals surface area contributed by atoms with Gasteiger partial charge in [-0.1, -0.05) is 47.6 Å². The van der Waals surface area contributed by atoms with E-state index in [2.05, 4.69) is 20.9 Å². The second-order valence-electron chi connectivity index (χ2n) is 9.19. The summed E-state index contributed by atoms with van der Waals surface area (Å²) < 4.78 is 5.79. The number of anilines is 2. The smallest absolute Gasteiger partial charge is 0.253 e. The summed E-state index contributed by atoms with van der Waals surface area (Å²) in [5.41, 5.74) is 2.92. The highest BCUT2D eigenvalue weighted by Crippen LogP contribution is 2.29. The Hall–Kier alpha value is -2.97. The van der Waals surface area contributed by atoms with E-state index in [4.69, 9.17) is 21.3 Å². The molecule has 194 valence electrons. The fourth-order valence-corrected chi connectivity index (χ4v) is 5.82. The quantitative estimate of drug-likeness (QED) is 0.217. The van der Waals surface area contributed by atoms with Crippen molar-refractivity contribution in [2.45, 2.75) is 30.7 Å². The number of hydrogen-bond acceptors (Lipinski definition) is 7. The Kier molecular flexibility index (Phi) is 8.36. The average Bonchev–Trinajstić information content (AvgIpc) is 3.48. The number of halogens is 1. The third-order valence-corrected chi connectivity index (χ3v) is 7.84. The number of nitrogens with zero attached hydrogens (tertiary/aromatic N) is 5. The van der Waals surface area contributed by atoms with E-state index in [0.29, 0.717) is 41.3 Å². The summed E-state index contributed by atoms with van der Waals surface area (Å²) in [5, 5.41) is 1.15. The summed E-state index contributed by atoms with van der Waals surface area (Å²) in [6.07, 6.45) is 2.37. The van der Waals surface area contributed by atoms with E-state index in [-0.39, 0.29) is 5.91 Å². The van der Waals surface area contributed by atoms with Gasteiger partial charge < -0.3 is 19.4 Å². The first kappa shape index (κ1) is 25.7. The van der Waals surface area contributed by atoms with E-state index >= 15 is 0 Å². The molecule has 7 nitrogen and oxygen atoms in total. The van der Waals surface area contributed by atoms with Crippen LogP contribution in [0.4, 0.5) is 11.5 Å². The summed E-state index contributed by atoms with van der Waals surface area (Å²) in [7, 11) is 0. The van der Waals surface area contributed by atoms with E-state index in [0.717, 1.165) is 49.0 Å². The van der Waals surface area contributed by atoms with Gasteiger partial charge in [0.2, 0.25) is 0 Å². The molecule has 9 heteroatoms. The molecule has 2 aliphatic rings. The Morgan fingerprint density at radius 1 is 0.946 bits per heavy atom. The van der Waals surface area contributed by atoms with E-state index < -0.39 is 0 Å². The van der Waals surface area contributed by atoms with Crippen LogP contribution < -0.4 is 14.5 Å². The van der Waals surface area contributed by atoms with Gasteiger partial charge in [-0.2, -0.15) is 0 Å². The molecule has 1 amide bonds. The highest BCUT2D eigenvalue weighted by molar-refractivity contribution is 7.98. The van der Waals surface area contributed by atoms with Crippen molar-refractivity contribution in [2.75, 3.05) is 55.7 Å². The van der Waals surface area contributed by atoms with Gasteiger partial charge in [0.15, 0.2) is 5.16 Å². The van der Waals surface area contributed by atoms with Gasteiger partial charge in [-0.15, -0.1) is 0 Å². The summed E-state index contributed by atoms with van der Waals surface area (Å²) >= 11 is 7.82. The molecule has 3 heterocycles. The average molecular weight is 538 g/mol. The summed E-state index contributed by atoms with van der Waals surface area (Å²) in [5.74, 6) is 2.59. The zero-order chi connectivity index (χ0) is 25.6. The van der Waals surface area contributed by atoms with Gasteiger partial charge in [-0.05, 0) is 49.6 Å². The number of benzene rings is 2. The molecule has 1 aromatic heterocycles. The Labute approximate surface area is 227 Å². The second-order valence-corrected chi connectivity index (χ2v) is 10.5. The maximum Gasteiger partial charge on any atom is 0.253 e. The molecule has 0 N–H and O–H groups in total. The lowest BCUT2D eigenvalue weighted by atomic mass is 10.1. The number of carbonyl (C=O) groups excluding carboxylic acids is 1. The maximum absolute atomic E-state index is 13.1. The molecule has 0 saturated carbocycles. The number of rotatable bonds is 8. The molecule has 0 radical (unpaired) electrons. The van der Waals surface area contributed by atoms with Gasteiger partial charge in [0, 0.05) is 56.7 Å². The third-order valence-electron chi connectivity index (χ3n) is 6.73. The van der Waals surface area contributed by atoms with Crippen molar-refractivity contribution in [1.29, 1.82) is 0 Å². The Morgan fingerprint density at radius 2 is 1.68 bits per heavy atom. The molecule has 2 fully saturated rings. The third kappa shape index (κ3) is 6.30. The molecule has 0 bridgehead atoms. The maximum atomic E-state index is 13.1. The molecule has 37 heavy (non-hydrogen) atoms. The van der Waals surface area contributed by atoms with Crippen LogP contribution in [0.15, 0.2) is 59.8 Å². The van der Waals surface area contributed by atoms with Crippen molar-refractivity contribution in [2.24, 2.45) is 0 Å². The second kappa shape index (κ2) is 12.0. The van der Waals surface area contributed by atoms with Crippen molar-refractivity contribution in [1.82, 2.24) is 14.9 Å². The van der Waals surface area contributed by atoms with Gasteiger partial charge in [-0.3, -0.25) is 4.79 Å². The molecule has 5 rings (SSSR count). The monoisotopic (exact) mass is 537 g/mol. The largest absolute Gasteiger partial charge is 0.492 e. The van der Waals surface area contributed by atoms with Crippen molar-refractivity contribution >= 4 is 40.8 Å². The lowest BCUT2D eigenvalue weighted by molar-refractivity contribution is 0.0746. The van der Waals surface area contributed by atoms with Crippen LogP contribution in [0.2, 0.25) is 5.15 Å². The predicted molar refractivity (Wildman–Crippen MR) is 150 cm³/mol. The van der Waals surface area contributed by atoms with Crippen LogP contribution >= 0.6 is 23.4 Å². The first-order valence-electron chi connectivity index (χ1n) is 12.9. The minimum Gasteiger partial charge on any atom is -0.492 e. The Bertz CT molecular complexity index is 1210. The van der Waals surface area contributed by atoms with E-state index in [1.54, 1.807) is 11.8 Å². The number of aromatic nitrogens is 2. The lowest BCUT2D eigenvalue weighted by Crippen LogP contribution is -2.48. The molecule has 0 aliphatic carbocycles. The minimum atomic E-state index is 0.0744. The summed E-state index contributed by atoms with van der Waals surface area (Å²) in [6.45, 7) is 7.59. The fraction of sp³-hybridized carbons (Fsp3) is 0.393. The first-order chi connectivity index (χ1) is 18.1. The number of ether oxygens (including phenoxy) is 1. The molecule has 2 saturated heterocycles. The number of carbonyl (C=O) groups is 1. The van der Waals surface area contributed by atoms with Crippen LogP contribution in [0.5, 0.6) is 5.75 Å². The molecular weight excluding hydrogens is 506 g/mol. The van der Waals surface area contributed by atoms with Gasteiger partial charge in [0.05, 0.1) is 12.3 Å². The van der Waals surface area contributed by atoms with Crippen LogP contribution in [0, 0.1) is 0 Å². The highest BCUT2D eigenvalue weighted by atomic mass is 35.5. The standard InChI is InChI=1S/C28H32ClN5O2S/c1-2-36-24-8-4-3-7-23(24)32-15-17-34(18-16-32)27(35)22-11-9-21(10-12-22)20-37-28-30-25(29)19-26(31-28)33-13-5-6-14-33/h3-4,7-12,19H,2,5-6,13-18,20H2,1H3. The van der Waals surface area contributed by atoms with Crippen LogP contribution in [-0.4, -0.2) is 66.7 Å². The van der Waals surface area contributed by atoms with Crippen LogP contribution in [-0.2, 0) is 5.75 Å². The lowest BCUT2D eigenvalue weighted by Gasteiger charge is -2.36. The zero-order valence-corrected chi connectivity index (χ0v) is 22.7. The molecule has 2 aromatic carbocycles. The normalized spacial score (nSPS) is 15.8. The molecular formula is C28H32ClN5O2S. The van der Waals surface area contributed by atoms with E-state index in [1.807, 2.05) is 60.4 Å². The Morgan fingerprint density at radius 3 is 2.41 bits per heavy atom. The number of thioether (sulfide) groups is 1. The topological polar surface area (TPSA) is 61.8 Å². The molecule has 0 spiro atoms. The van der Waals surface area contributed by atoms with Gasteiger partial charge >= 0.3 is 0 Å². The molecule has 0 unspecified atom stereocenters. The van der Waals surface area contributed by atoms with Crippen molar-refractivity contribution in [3.05, 3.63) is 70.9 Å². The molecule has 0 atom stereocenters. The zero-order valence-electron chi connectivity index (χ0n) is 21.1. The van der Waals surface area contributed by atoms with Crippen LogP contribution in [0.25, 0.3) is 0 Å². The van der Waals surface area contributed by atoms with Gasteiger partial charge in [-0.25, -0.2) is 9.97 Å². The van der Waals surface area contributed by atoms with Crippen LogP contribution in [0.3, 0.4) is 0 Å². The SMILES string of the molecule is CCOc1ccccc1N1CCN(C(=O)c2ccc(CSc3nc(Cl)cc(N4CCCC4)n3)cc2)CC1. The van der Waals surface area contributed by atoms with Gasteiger partial charge in [0.1, 0.15) is 16.7 Å². The highest BCUT2D eigenvalue weighted by Gasteiger charge is 2.24. The summed E-state index contributed by atoms with van der Waals surface area (Å²) in [6, 6.07) is 17.8. The summed E-state index contributed by atoms with van der Waals surface area (Å²) in [4.78, 5) is 28.7. The first-order valence-corrected chi connectivity index (χ1v) is 14.2. The molecule has 2 aliphatic heterocycles. The fourth-order valence-electron chi connectivity index (χ4n) is 4.78. The van der Waals surface area contributed by atoms with Gasteiger partial charge in [0.25, 0.3) is 5.91 Å². The van der Waals surface area contributed by atoms with Crippen molar-refractivity contribution in [3.8, 4) is 5.75 Å². The number of para-hydroxylation sites is 2. The number of piperazine rings is 1. The van der Waals surface area contributed by atoms with Crippen molar-refractivity contribution in [3.63, 3.8) is 0 Å². The van der Waals surface area contributed by atoms with Crippen LogP contribution in [0.1, 0.15) is 35.7 Å². The predicted octanol–water partition coefficient (Wildman–Crippen LogP) is 5.38. The number of amides is 1. The van der Waals surface area contributed by atoms with E-state index in [1.165, 1.54) is 12.8 Å². The van der Waals surface area contributed by atoms with E-state index in [9.17, 15) is 4.79 Å². The number of hydrogen-bond donors (Lipinski definition) is 0. The van der Waals surface area contributed by atoms with Crippen molar-refractivity contribution < 1.29 is 9.53 Å². The molecule has 3 aromatic rings. The minimum absolute atomic E-state index is 0.0744. The Balaban J connectivity index is 1.15.